The molecule has 0 aliphatic rings. The smallest absolute Gasteiger partial charge is 0.338 e. The molecule has 0 bridgehead atoms. The average Bonchev–Trinajstić information content (AvgIpc) is 2.24. The van der Waals surface area contributed by atoms with Gasteiger partial charge in [0.05, 0.1) is 12.2 Å². The second-order valence-electron chi connectivity index (χ2n) is 3.80. The van der Waals surface area contributed by atoms with E-state index in [1.165, 1.54) is 0 Å². The minimum atomic E-state index is -0.264. The molecule has 1 rings (SSSR count). The van der Waals surface area contributed by atoms with Crippen LogP contribution in [0.15, 0.2) is 28.7 Å². The lowest BCUT2D eigenvalue weighted by molar-refractivity contribution is 0.0493. The lowest BCUT2D eigenvalue weighted by Crippen LogP contribution is -2.16. The van der Waals surface area contributed by atoms with Gasteiger partial charge in [0.2, 0.25) is 0 Å². The molecular weight excluding hydrogens is 270 g/mol. The van der Waals surface area contributed by atoms with Crippen molar-refractivity contribution >= 4 is 21.9 Å². The van der Waals surface area contributed by atoms with Crippen LogP contribution in [-0.2, 0) is 4.74 Å². The molecule has 0 unspecified atom stereocenters. The van der Waals surface area contributed by atoms with Crippen molar-refractivity contribution in [3.8, 4) is 0 Å². The Bertz CT molecular complexity index is 353. The van der Waals surface area contributed by atoms with Crippen molar-refractivity contribution in [2.45, 2.75) is 6.42 Å². The highest BCUT2D eigenvalue weighted by atomic mass is 79.9. The lowest BCUT2D eigenvalue weighted by Gasteiger charge is -2.09. The summed E-state index contributed by atoms with van der Waals surface area (Å²) < 4.78 is 6.03. The monoisotopic (exact) mass is 285 g/mol. The van der Waals surface area contributed by atoms with Gasteiger partial charge >= 0.3 is 5.97 Å². The Balaban J connectivity index is 2.35. The van der Waals surface area contributed by atoms with E-state index in [4.69, 9.17) is 4.74 Å². The first-order chi connectivity index (χ1) is 7.59. The predicted octanol–water partition coefficient (Wildman–Crippen LogP) is 2.56. The maximum Gasteiger partial charge on any atom is 0.338 e. The number of nitrogens with zero attached hydrogens (tertiary/aromatic N) is 1. The Morgan fingerprint density at radius 1 is 1.44 bits per heavy atom. The van der Waals surface area contributed by atoms with E-state index in [0.29, 0.717) is 12.2 Å². The molecule has 0 fully saturated rings. The van der Waals surface area contributed by atoms with Gasteiger partial charge in [0, 0.05) is 11.0 Å². The average molecular weight is 286 g/mol. The fourth-order valence-corrected chi connectivity index (χ4v) is 1.64. The number of rotatable bonds is 5. The Hall–Kier alpha value is -0.870. The van der Waals surface area contributed by atoms with Crippen LogP contribution in [0.4, 0.5) is 0 Å². The van der Waals surface area contributed by atoms with E-state index >= 15 is 0 Å². The number of carbonyl (C=O) groups excluding carboxylic acids is 1. The van der Waals surface area contributed by atoms with Gasteiger partial charge in [-0.15, -0.1) is 0 Å². The van der Waals surface area contributed by atoms with Gasteiger partial charge < -0.3 is 9.64 Å². The van der Waals surface area contributed by atoms with E-state index in [1.54, 1.807) is 12.1 Å². The molecule has 0 aliphatic carbocycles. The van der Waals surface area contributed by atoms with Crippen molar-refractivity contribution in [3.05, 3.63) is 34.3 Å². The molecule has 4 heteroatoms. The molecule has 0 atom stereocenters. The third-order valence-corrected chi connectivity index (χ3v) is 2.54. The number of esters is 1. The molecule has 1 aromatic carbocycles. The summed E-state index contributed by atoms with van der Waals surface area (Å²) in [6, 6.07) is 7.20. The van der Waals surface area contributed by atoms with Gasteiger partial charge in [-0.2, -0.15) is 0 Å². The quantitative estimate of drug-likeness (QED) is 0.615. The van der Waals surface area contributed by atoms with Crippen LogP contribution in [0.5, 0.6) is 0 Å². The highest BCUT2D eigenvalue weighted by molar-refractivity contribution is 9.10. The van der Waals surface area contributed by atoms with Gasteiger partial charge in [-0.3, -0.25) is 0 Å². The molecule has 0 radical (unpaired) electrons. The summed E-state index contributed by atoms with van der Waals surface area (Å²) in [5.74, 6) is -0.264. The minimum absolute atomic E-state index is 0.264. The topological polar surface area (TPSA) is 29.5 Å². The molecule has 0 heterocycles. The molecule has 3 nitrogen and oxygen atoms in total. The summed E-state index contributed by atoms with van der Waals surface area (Å²) in [5.41, 5.74) is 0.583. The largest absolute Gasteiger partial charge is 0.462 e. The fraction of sp³-hybridized carbons (Fsp3) is 0.417. The standard InChI is InChI=1S/C12H16BrNO2/c1-14(2)7-4-8-16-12(15)10-5-3-6-11(13)9-10/h3,5-6,9H,4,7-8H2,1-2H3. The van der Waals surface area contributed by atoms with Crippen LogP contribution in [0.1, 0.15) is 16.8 Å². The molecule has 0 aliphatic heterocycles. The highest BCUT2D eigenvalue weighted by Gasteiger charge is 2.06. The number of ether oxygens (including phenoxy) is 1. The minimum Gasteiger partial charge on any atom is -0.462 e. The summed E-state index contributed by atoms with van der Waals surface area (Å²) in [6.07, 6.45) is 0.854. The van der Waals surface area contributed by atoms with Crippen molar-refractivity contribution in [3.63, 3.8) is 0 Å². The van der Waals surface area contributed by atoms with Crippen LogP contribution in [0.3, 0.4) is 0 Å². The first-order valence-electron chi connectivity index (χ1n) is 5.17. The number of halogens is 1. The second kappa shape index (κ2) is 6.66. The molecule has 0 spiro atoms. The van der Waals surface area contributed by atoms with E-state index in [0.717, 1.165) is 17.4 Å². The SMILES string of the molecule is CN(C)CCCOC(=O)c1cccc(Br)c1. The molecule has 0 amide bonds. The Labute approximate surface area is 105 Å². The molecule has 0 N–H and O–H groups in total. The van der Waals surface area contributed by atoms with E-state index in [2.05, 4.69) is 20.8 Å². The first-order valence-corrected chi connectivity index (χ1v) is 5.96. The van der Waals surface area contributed by atoms with Crippen molar-refractivity contribution in [1.82, 2.24) is 4.90 Å². The number of hydrogen-bond donors (Lipinski definition) is 0. The van der Waals surface area contributed by atoms with Gasteiger partial charge in [-0.1, -0.05) is 22.0 Å². The van der Waals surface area contributed by atoms with E-state index in [9.17, 15) is 4.79 Å². The zero-order valence-electron chi connectivity index (χ0n) is 9.57. The van der Waals surface area contributed by atoms with E-state index in [1.807, 2.05) is 26.2 Å². The number of benzene rings is 1. The maximum atomic E-state index is 11.6. The second-order valence-corrected chi connectivity index (χ2v) is 4.72. The van der Waals surface area contributed by atoms with Crippen molar-refractivity contribution < 1.29 is 9.53 Å². The zero-order valence-corrected chi connectivity index (χ0v) is 11.2. The molecule has 88 valence electrons. The molecular formula is C12H16BrNO2. The summed E-state index contributed by atoms with van der Waals surface area (Å²) in [7, 11) is 3.99. The van der Waals surface area contributed by atoms with Gasteiger partial charge in [0.15, 0.2) is 0 Å². The Morgan fingerprint density at radius 3 is 2.81 bits per heavy atom. The van der Waals surface area contributed by atoms with Gasteiger partial charge in [0.1, 0.15) is 0 Å². The number of hydrogen-bond acceptors (Lipinski definition) is 3. The molecule has 0 saturated heterocycles. The highest BCUT2D eigenvalue weighted by Crippen LogP contribution is 2.12. The van der Waals surface area contributed by atoms with Gasteiger partial charge in [-0.25, -0.2) is 4.79 Å². The predicted molar refractivity (Wildman–Crippen MR) is 67.6 cm³/mol. The zero-order chi connectivity index (χ0) is 12.0. The maximum absolute atomic E-state index is 11.6. The first kappa shape index (κ1) is 13.2. The Kier molecular flexibility index (Phi) is 5.49. The van der Waals surface area contributed by atoms with Gasteiger partial charge in [0.25, 0.3) is 0 Å². The van der Waals surface area contributed by atoms with Crippen LogP contribution in [0.2, 0.25) is 0 Å². The van der Waals surface area contributed by atoms with E-state index < -0.39 is 0 Å². The molecule has 0 aromatic heterocycles. The normalized spacial score (nSPS) is 10.5. The van der Waals surface area contributed by atoms with Crippen molar-refractivity contribution in [2.75, 3.05) is 27.2 Å². The van der Waals surface area contributed by atoms with E-state index in [-0.39, 0.29) is 5.97 Å². The van der Waals surface area contributed by atoms with Crippen LogP contribution < -0.4 is 0 Å². The summed E-state index contributed by atoms with van der Waals surface area (Å²) in [6.45, 7) is 1.38. The van der Waals surface area contributed by atoms with Crippen LogP contribution in [-0.4, -0.2) is 38.1 Å². The van der Waals surface area contributed by atoms with Crippen molar-refractivity contribution in [2.24, 2.45) is 0 Å². The van der Waals surface area contributed by atoms with Crippen LogP contribution >= 0.6 is 15.9 Å². The summed E-state index contributed by atoms with van der Waals surface area (Å²) in [4.78, 5) is 13.6. The van der Waals surface area contributed by atoms with Crippen molar-refractivity contribution in [1.29, 1.82) is 0 Å². The van der Waals surface area contributed by atoms with Crippen LogP contribution in [0, 0.1) is 0 Å². The summed E-state index contributed by atoms with van der Waals surface area (Å²) in [5, 5.41) is 0. The van der Waals surface area contributed by atoms with Gasteiger partial charge in [-0.05, 0) is 38.7 Å². The number of carbonyl (C=O) groups is 1. The fourth-order valence-electron chi connectivity index (χ4n) is 1.24. The molecule has 1 aromatic rings. The lowest BCUT2D eigenvalue weighted by atomic mass is 10.2. The molecule has 0 saturated carbocycles. The van der Waals surface area contributed by atoms with Crippen LogP contribution in [0.25, 0.3) is 0 Å². The third-order valence-electron chi connectivity index (χ3n) is 2.04. The third kappa shape index (κ3) is 4.77. The molecule has 16 heavy (non-hydrogen) atoms. The summed E-state index contributed by atoms with van der Waals surface area (Å²) >= 11 is 3.32. The Morgan fingerprint density at radius 2 is 2.19 bits per heavy atom.